The van der Waals surface area contributed by atoms with Crippen LogP contribution in [0.15, 0.2) is 0 Å². The molecule has 0 spiro atoms. The van der Waals surface area contributed by atoms with Crippen LogP contribution in [0, 0.1) is 0 Å². The van der Waals surface area contributed by atoms with Gasteiger partial charge in [0.05, 0.1) is 0 Å². The molecule has 0 atom stereocenters. The standard InChI is InChI=1S/C16H36Br2OTe2/c1-5-9-13-20(17,14-10-6-2)19-21(18,15-11-7-3)16-12-8-4/h5-16H2,1-4H3. The molecule has 0 saturated carbocycles. The summed E-state index contributed by atoms with van der Waals surface area (Å²) in [6.45, 7) is 9.19. The van der Waals surface area contributed by atoms with Crippen LogP contribution in [-0.4, -0.2) is 32.8 Å². The SMILES string of the molecule is CCCC[Te](Br)(CCCC)O[Te](Br)(CCCC)CCCC. The van der Waals surface area contributed by atoms with Crippen LogP contribution in [0.1, 0.15) is 79.1 Å². The molecule has 0 rings (SSSR count). The first-order valence-electron chi connectivity index (χ1n) is 8.63. The van der Waals surface area contributed by atoms with E-state index in [0.29, 0.717) is 0 Å². The van der Waals surface area contributed by atoms with E-state index in [2.05, 4.69) is 53.2 Å². The molecule has 0 aromatic carbocycles. The zero-order chi connectivity index (χ0) is 16.2. The van der Waals surface area contributed by atoms with Crippen molar-refractivity contribution in [2.45, 2.75) is 96.9 Å². The van der Waals surface area contributed by atoms with Crippen LogP contribution in [0.4, 0.5) is 0 Å². The van der Waals surface area contributed by atoms with Crippen LogP contribution in [0.3, 0.4) is 0 Å². The van der Waals surface area contributed by atoms with Crippen LogP contribution in [0.5, 0.6) is 0 Å². The molecule has 132 valence electrons. The Bertz CT molecular complexity index is 212. The van der Waals surface area contributed by atoms with Gasteiger partial charge >= 0.3 is 157 Å². The maximum atomic E-state index is 7.05. The Kier molecular flexibility index (Phi) is 15.4. The van der Waals surface area contributed by atoms with Crippen molar-refractivity contribution in [3.05, 3.63) is 0 Å². The van der Waals surface area contributed by atoms with Crippen LogP contribution >= 0.6 is 25.5 Å². The van der Waals surface area contributed by atoms with E-state index in [9.17, 15) is 0 Å². The molecule has 21 heavy (non-hydrogen) atoms. The van der Waals surface area contributed by atoms with Crippen molar-refractivity contribution in [3.8, 4) is 0 Å². The summed E-state index contributed by atoms with van der Waals surface area (Å²) in [7, 11) is 0. The van der Waals surface area contributed by atoms with Crippen molar-refractivity contribution in [3.63, 3.8) is 0 Å². The first kappa shape index (κ1) is 23.5. The average molecular weight is 659 g/mol. The number of rotatable bonds is 14. The Morgan fingerprint density at radius 3 is 1.00 bits per heavy atom. The van der Waals surface area contributed by atoms with Crippen molar-refractivity contribution >= 4 is 58.3 Å². The molecule has 0 aliphatic heterocycles. The number of unbranched alkanes of at least 4 members (excludes halogenated alkanes) is 4. The molecule has 0 bridgehead atoms. The maximum absolute atomic E-state index is 7.05. The van der Waals surface area contributed by atoms with E-state index in [1.807, 2.05) is 0 Å². The van der Waals surface area contributed by atoms with E-state index in [1.165, 1.54) is 69.2 Å². The predicted octanol–water partition coefficient (Wildman–Crippen LogP) is 7.88. The summed E-state index contributed by atoms with van der Waals surface area (Å²) >= 11 is 3.84. The predicted molar refractivity (Wildman–Crippen MR) is 109 cm³/mol. The summed E-state index contributed by atoms with van der Waals surface area (Å²) in [6, 6.07) is 0. The third kappa shape index (κ3) is 11.6. The molecule has 0 saturated heterocycles. The molecular formula is C16H36Br2OTe2. The Hall–Kier alpha value is 2.50. The summed E-state index contributed by atoms with van der Waals surface area (Å²) in [5, 5.41) is 0. The second kappa shape index (κ2) is 13.8. The number of hydrogen-bond donors (Lipinski definition) is 0. The van der Waals surface area contributed by atoms with Crippen molar-refractivity contribution < 1.29 is 1.47 Å². The Morgan fingerprint density at radius 2 is 0.810 bits per heavy atom. The Morgan fingerprint density at radius 1 is 0.571 bits per heavy atom. The summed E-state index contributed by atoms with van der Waals surface area (Å²) < 4.78 is 12.4. The van der Waals surface area contributed by atoms with Crippen molar-refractivity contribution in [1.29, 1.82) is 0 Å². The van der Waals surface area contributed by atoms with Crippen LogP contribution in [-0.2, 0) is 1.47 Å². The van der Waals surface area contributed by atoms with Gasteiger partial charge in [-0.05, 0) is 0 Å². The molecule has 0 aliphatic carbocycles. The average Bonchev–Trinajstić information content (AvgIpc) is 2.47. The molecule has 1 nitrogen and oxygen atoms in total. The van der Waals surface area contributed by atoms with E-state index in [-0.39, 0.29) is 0 Å². The van der Waals surface area contributed by atoms with Gasteiger partial charge in [-0.3, -0.25) is 0 Å². The molecule has 5 heteroatoms. The minimum atomic E-state index is -2.27. The van der Waals surface area contributed by atoms with Gasteiger partial charge < -0.3 is 0 Å². The van der Waals surface area contributed by atoms with E-state index >= 15 is 0 Å². The van der Waals surface area contributed by atoms with Gasteiger partial charge in [0.15, 0.2) is 0 Å². The molecule has 0 amide bonds. The van der Waals surface area contributed by atoms with Gasteiger partial charge in [0, 0.05) is 0 Å². The molecule has 0 unspecified atom stereocenters. The topological polar surface area (TPSA) is 9.23 Å². The number of hydrogen-bond acceptors (Lipinski definition) is 1. The first-order chi connectivity index (χ1) is 9.95. The van der Waals surface area contributed by atoms with Gasteiger partial charge in [-0.1, -0.05) is 0 Å². The van der Waals surface area contributed by atoms with Crippen molar-refractivity contribution in [1.82, 2.24) is 0 Å². The van der Waals surface area contributed by atoms with Gasteiger partial charge in [0.2, 0.25) is 0 Å². The fraction of sp³-hybridized carbons (Fsp3) is 1.00. The normalized spacial score (nSPS) is 14.4. The Balaban J connectivity index is 4.80. The van der Waals surface area contributed by atoms with Gasteiger partial charge in [0.25, 0.3) is 0 Å². The van der Waals surface area contributed by atoms with Gasteiger partial charge in [-0.25, -0.2) is 0 Å². The molecule has 0 aromatic heterocycles. The van der Waals surface area contributed by atoms with Crippen LogP contribution < -0.4 is 0 Å². The van der Waals surface area contributed by atoms with Crippen LogP contribution in [0.25, 0.3) is 0 Å². The zero-order valence-corrected chi connectivity index (χ0v) is 22.3. The van der Waals surface area contributed by atoms with E-state index in [4.69, 9.17) is 1.47 Å². The van der Waals surface area contributed by atoms with Gasteiger partial charge in [-0.2, -0.15) is 0 Å². The molecule has 0 radical (unpaired) electrons. The second-order valence-electron chi connectivity index (χ2n) is 5.74. The van der Waals surface area contributed by atoms with E-state index in [0.717, 1.165) is 0 Å². The van der Waals surface area contributed by atoms with Crippen molar-refractivity contribution in [2.75, 3.05) is 0 Å². The van der Waals surface area contributed by atoms with Gasteiger partial charge in [-0.15, -0.1) is 0 Å². The zero-order valence-electron chi connectivity index (χ0n) is 14.5. The molecule has 0 heterocycles. The van der Waals surface area contributed by atoms with Crippen LogP contribution in [0.2, 0.25) is 17.9 Å². The monoisotopic (exact) mass is 662 g/mol. The fourth-order valence-corrected chi connectivity index (χ4v) is 58.2. The van der Waals surface area contributed by atoms with Crippen molar-refractivity contribution in [2.24, 2.45) is 0 Å². The number of halogens is 2. The molecule has 0 N–H and O–H groups in total. The first-order valence-corrected chi connectivity index (χ1v) is 27.6. The van der Waals surface area contributed by atoms with Gasteiger partial charge in [0.1, 0.15) is 0 Å². The third-order valence-electron chi connectivity index (χ3n) is 3.45. The summed E-state index contributed by atoms with van der Waals surface area (Å²) in [5.41, 5.74) is 0. The fourth-order valence-electron chi connectivity index (χ4n) is 2.00. The van der Waals surface area contributed by atoms with E-state index < -0.39 is 32.8 Å². The third-order valence-corrected chi connectivity index (χ3v) is 42.8. The summed E-state index contributed by atoms with van der Waals surface area (Å²) in [5.74, 6) is 0. The quantitative estimate of drug-likeness (QED) is 0.173. The molecule has 0 aromatic rings. The Labute approximate surface area is 155 Å². The molecule has 0 fully saturated rings. The van der Waals surface area contributed by atoms with E-state index in [1.54, 1.807) is 0 Å². The second-order valence-corrected chi connectivity index (χ2v) is 37.5. The minimum absolute atomic E-state index is 1.29. The molecular weight excluding hydrogens is 623 g/mol. The summed E-state index contributed by atoms with van der Waals surface area (Å²) in [6.07, 6.45) is 10.5. The summed E-state index contributed by atoms with van der Waals surface area (Å²) in [4.78, 5) is 0. The molecule has 0 aliphatic rings.